The SMILES string of the molecule is CC(NC(=O)C(N)CC(=O)NC1OC(CO)C(O)C(O)C1O)C(=O)N1CCCC1.CCC(=O)NC(C)C(=O)NC(C)C(N)=O. The van der Waals surface area contributed by atoms with Crippen LogP contribution in [0.3, 0.4) is 0 Å². The van der Waals surface area contributed by atoms with E-state index in [4.69, 9.17) is 21.3 Å². The minimum Gasteiger partial charge on any atom is -0.394 e. The number of nitrogens with one attached hydrogen (secondary N) is 4. The first-order valence-electron chi connectivity index (χ1n) is 14.4. The Morgan fingerprint density at radius 3 is 1.93 bits per heavy atom. The van der Waals surface area contributed by atoms with E-state index in [9.17, 15) is 44.1 Å². The average molecular weight is 634 g/mol. The Labute approximate surface area is 255 Å². The molecule has 0 bridgehead atoms. The van der Waals surface area contributed by atoms with Crippen molar-refractivity contribution < 1.29 is 53.9 Å². The summed E-state index contributed by atoms with van der Waals surface area (Å²) < 4.78 is 5.16. The van der Waals surface area contributed by atoms with Crippen molar-refractivity contribution in [2.45, 2.75) is 108 Å². The van der Waals surface area contributed by atoms with Crippen LogP contribution in [0.2, 0.25) is 0 Å². The van der Waals surface area contributed by atoms with Crippen LogP contribution in [0.25, 0.3) is 0 Å². The summed E-state index contributed by atoms with van der Waals surface area (Å²) in [5.74, 6) is -2.91. The molecule has 6 amide bonds. The summed E-state index contributed by atoms with van der Waals surface area (Å²) in [6.45, 7) is 6.90. The molecule has 9 unspecified atom stereocenters. The van der Waals surface area contributed by atoms with Gasteiger partial charge in [0.25, 0.3) is 0 Å². The monoisotopic (exact) mass is 633 g/mol. The van der Waals surface area contributed by atoms with Crippen molar-refractivity contribution in [2.75, 3.05) is 19.7 Å². The van der Waals surface area contributed by atoms with Crippen LogP contribution < -0.4 is 32.7 Å². The molecule has 2 fully saturated rings. The third-order valence-electron chi connectivity index (χ3n) is 6.96. The van der Waals surface area contributed by atoms with Crippen molar-refractivity contribution in [1.29, 1.82) is 0 Å². The lowest BCUT2D eigenvalue weighted by Gasteiger charge is -2.40. The van der Waals surface area contributed by atoms with Crippen molar-refractivity contribution in [2.24, 2.45) is 11.5 Å². The highest BCUT2D eigenvalue weighted by molar-refractivity contribution is 5.92. The van der Waals surface area contributed by atoms with Gasteiger partial charge in [0.05, 0.1) is 19.1 Å². The number of primary amides is 1. The highest BCUT2D eigenvalue weighted by Gasteiger charge is 2.44. The fourth-order valence-corrected chi connectivity index (χ4v) is 4.14. The van der Waals surface area contributed by atoms with Gasteiger partial charge in [0.1, 0.15) is 42.5 Å². The molecule has 0 radical (unpaired) electrons. The van der Waals surface area contributed by atoms with Crippen LogP contribution >= 0.6 is 0 Å². The van der Waals surface area contributed by atoms with E-state index in [1.807, 2.05) is 0 Å². The second-order valence-electron chi connectivity index (χ2n) is 10.7. The molecule has 252 valence electrons. The molecule has 9 atom stereocenters. The summed E-state index contributed by atoms with van der Waals surface area (Å²) in [6.07, 6.45) is -5.72. The van der Waals surface area contributed by atoms with Gasteiger partial charge in [0.2, 0.25) is 35.4 Å². The number of hydrogen-bond acceptors (Lipinski definition) is 12. The summed E-state index contributed by atoms with van der Waals surface area (Å²) in [5, 5.41) is 48.1. The van der Waals surface area contributed by atoms with Crippen molar-refractivity contribution in [1.82, 2.24) is 26.2 Å². The molecule has 12 N–H and O–H groups in total. The predicted molar refractivity (Wildman–Crippen MR) is 153 cm³/mol. The number of likely N-dealkylation sites (tertiary alicyclic amines) is 1. The number of carbonyl (C=O) groups excluding carboxylic acids is 6. The minimum absolute atomic E-state index is 0.214. The number of rotatable bonds is 12. The van der Waals surface area contributed by atoms with E-state index in [-0.39, 0.29) is 11.8 Å². The third kappa shape index (κ3) is 11.9. The highest BCUT2D eigenvalue weighted by atomic mass is 16.6. The second-order valence-corrected chi connectivity index (χ2v) is 10.7. The molecule has 2 saturated heterocycles. The van der Waals surface area contributed by atoms with Crippen LogP contribution in [-0.4, -0.2) is 135 Å². The Morgan fingerprint density at radius 2 is 1.41 bits per heavy atom. The van der Waals surface area contributed by atoms with Gasteiger partial charge in [-0.1, -0.05) is 6.92 Å². The number of carbonyl (C=O) groups is 6. The Hall–Kier alpha value is -3.42. The smallest absolute Gasteiger partial charge is 0.244 e. The zero-order valence-corrected chi connectivity index (χ0v) is 25.4. The molecule has 0 aromatic heterocycles. The quantitative estimate of drug-likeness (QED) is 0.0963. The van der Waals surface area contributed by atoms with E-state index < -0.39 is 91.5 Å². The molecule has 0 aromatic carbocycles. The predicted octanol–water partition coefficient (Wildman–Crippen LogP) is -5.36. The number of aliphatic hydroxyl groups excluding tert-OH is 4. The third-order valence-corrected chi connectivity index (χ3v) is 6.96. The van der Waals surface area contributed by atoms with E-state index in [0.717, 1.165) is 12.8 Å². The molecule has 18 nitrogen and oxygen atoms in total. The van der Waals surface area contributed by atoms with Gasteiger partial charge < -0.3 is 62.8 Å². The zero-order chi connectivity index (χ0) is 33.7. The highest BCUT2D eigenvalue weighted by Crippen LogP contribution is 2.19. The molecule has 2 heterocycles. The number of hydrogen-bond donors (Lipinski definition) is 10. The van der Waals surface area contributed by atoms with E-state index in [1.165, 1.54) is 13.8 Å². The van der Waals surface area contributed by atoms with Crippen LogP contribution in [0, 0.1) is 0 Å². The van der Waals surface area contributed by atoms with Crippen molar-refractivity contribution in [3.8, 4) is 0 Å². The van der Waals surface area contributed by atoms with Gasteiger partial charge in [0, 0.05) is 19.5 Å². The normalized spacial score (nSPS) is 25.7. The lowest BCUT2D eigenvalue weighted by atomic mass is 9.98. The first kappa shape index (κ1) is 38.6. The van der Waals surface area contributed by atoms with Crippen molar-refractivity contribution in [3.63, 3.8) is 0 Å². The molecule has 2 aliphatic heterocycles. The molecular weight excluding hydrogens is 586 g/mol. The van der Waals surface area contributed by atoms with Crippen molar-refractivity contribution >= 4 is 35.4 Å². The molecule has 2 rings (SSSR count). The maximum atomic E-state index is 12.2. The molecule has 0 spiro atoms. The summed E-state index contributed by atoms with van der Waals surface area (Å²) in [6, 6.07) is -3.44. The van der Waals surface area contributed by atoms with Gasteiger partial charge >= 0.3 is 0 Å². The number of nitrogens with two attached hydrogens (primary N) is 2. The van der Waals surface area contributed by atoms with Crippen LogP contribution in [0.4, 0.5) is 0 Å². The summed E-state index contributed by atoms with van der Waals surface area (Å²) >= 11 is 0. The average Bonchev–Trinajstić information content (AvgIpc) is 3.52. The second kappa shape index (κ2) is 18.4. The van der Waals surface area contributed by atoms with Gasteiger partial charge in [-0.2, -0.15) is 0 Å². The van der Waals surface area contributed by atoms with E-state index in [0.29, 0.717) is 19.5 Å². The number of nitrogens with zero attached hydrogens (tertiary/aromatic N) is 1. The van der Waals surface area contributed by atoms with Crippen molar-refractivity contribution in [3.05, 3.63) is 0 Å². The standard InChI is InChI=1S/C17H30N4O8.C9H17N3O3/c1-8(17(28)21-4-2-3-5-21)19-15(27)9(18)6-11(23)20-16-14(26)13(25)12(24)10(7-22)29-16;1-4-7(13)11-6(3)9(15)12-5(2)8(10)14/h8-10,12-14,16,22,24-26H,2-7,18H2,1H3,(H,19,27)(H,20,23);5-6H,4H2,1-3H3,(H2,10,14)(H,11,13)(H,12,15). The fraction of sp³-hybridized carbons (Fsp3) is 0.769. The van der Waals surface area contributed by atoms with E-state index >= 15 is 0 Å². The number of ether oxygens (including phenoxy) is 1. The lowest BCUT2D eigenvalue weighted by molar-refractivity contribution is -0.236. The largest absolute Gasteiger partial charge is 0.394 e. The van der Waals surface area contributed by atoms with Crippen LogP contribution in [0.1, 0.15) is 53.4 Å². The molecule has 44 heavy (non-hydrogen) atoms. The Balaban J connectivity index is 0.000000546. The zero-order valence-electron chi connectivity index (χ0n) is 25.4. The van der Waals surface area contributed by atoms with Gasteiger partial charge in [-0.25, -0.2) is 0 Å². The van der Waals surface area contributed by atoms with Gasteiger partial charge in [-0.3, -0.25) is 28.8 Å². The van der Waals surface area contributed by atoms with Gasteiger partial charge in [0.15, 0.2) is 6.23 Å². The van der Waals surface area contributed by atoms with E-state index in [1.54, 1.807) is 18.7 Å². The van der Waals surface area contributed by atoms with Crippen LogP contribution in [-0.2, 0) is 33.5 Å². The maximum Gasteiger partial charge on any atom is 0.244 e. The summed E-state index contributed by atoms with van der Waals surface area (Å²) in [4.78, 5) is 71.2. The Kier molecular flexibility index (Phi) is 16.1. The molecule has 0 aromatic rings. The fourth-order valence-electron chi connectivity index (χ4n) is 4.14. The van der Waals surface area contributed by atoms with Crippen LogP contribution in [0.15, 0.2) is 0 Å². The lowest BCUT2D eigenvalue weighted by Crippen LogP contribution is -2.63. The minimum atomic E-state index is -1.64. The molecule has 18 heteroatoms. The molecule has 0 aliphatic carbocycles. The number of amides is 6. The molecular formula is C26H47N7O11. The summed E-state index contributed by atoms with van der Waals surface area (Å²) in [7, 11) is 0. The van der Waals surface area contributed by atoms with Gasteiger partial charge in [-0.15, -0.1) is 0 Å². The van der Waals surface area contributed by atoms with Crippen LogP contribution in [0.5, 0.6) is 0 Å². The summed E-state index contributed by atoms with van der Waals surface area (Å²) in [5.41, 5.74) is 10.7. The molecule has 2 aliphatic rings. The van der Waals surface area contributed by atoms with E-state index in [2.05, 4.69) is 21.3 Å². The first-order valence-corrected chi connectivity index (χ1v) is 14.4. The number of aliphatic hydroxyl groups is 4. The topological polar surface area (TPSA) is 296 Å². The molecule has 0 saturated carbocycles. The van der Waals surface area contributed by atoms with Gasteiger partial charge in [-0.05, 0) is 33.6 Å². The first-order chi connectivity index (χ1) is 20.5. The Bertz CT molecular complexity index is 1010. The maximum absolute atomic E-state index is 12.2. The Morgan fingerprint density at radius 1 is 0.841 bits per heavy atom.